The van der Waals surface area contributed by atoms with Gasteiger partial charge in [0.05, 0.1) is 6.10 Å². The number of rotatable bonds is 12. The van der Waals surface area contributed by atoms with Crippen LogP contribution < -0.4 is 5.32 Å². The summed E-state index contributed by atoms with van der Waals surface area (Å²) in [5.74, 6) is 0. The molecule has 0 aliphatic rings. The first-order chi connectivity index (χ1) is 10.3. The van der Waals surface area contributed by atoms with Crippen molar-refractivity contribution in [3.63, 3.8) is 0 Å². The molecule has 0 saturated heterocycles. The Hall–Kier alpha value is -0.380. The van der Waals surface area contributed by atoms with Crippen molar-refractivity contribution < 1.29 is 4.74 Å². The van der Waals surface area contributed by atoms with E-state index in [1.165, 1.54) is 44.1 Å². The molecule has 1 aromatic rings. The predicted molar refractivity (Wildman–Crippen MR) is 94.8 cm³/mol. The molecule has 21 heavy (non-hydrogen) atoms. The van der Waals surface area contributed by atoms with Gasteiger partial charge in [-0.15, -0.1) is 0 Å². The minimum atomic E-state index is 0.161. The maximum absolute atomic E-state index is 6.10. The van der Waals surface area contributed by atoms with Crippen LogP contribution in [0.3, 0.4) is 0 Å². The Labute approximate surface area is 138 Å². The van der Waals surface area contributed by atoms with E-state index in [-0.39, 0.29) is 6.10 Å². The fraction of sp³-hybridized carbons (Fsp3) is 0.667. The van der Waals surface area contributed by atoms with Crippen LogP contribution in [0, 0.1) is 0 Å². The number of nitrogens with one attached hydrogen (secondary N) is 1. The van der Waals surface area contributed by atoms with Gasteiger partial charge in [-0.05, 0) is 30.7 Å². The minimum absolute atomic E-state index is 0.161. The first-order valence-electron chi connectivity index (χ1n) is 8.35. The van der Waals surface area contributed by atoms with Crippen LogP contribution >= 0.6 is 15.9 Å². The first kappa shape index (κ1) is 18.7. The SMILES string of the molecule is CCCCCCCCOC(CNCC)c1ccc(Br)cc1. The van der Waals surface area contributed by atoms with Crippen LogP contribution in [0.4, 0.5) is 0 Å². The number of hydrogen-bond acceptors (Lipinski definition) is 2. The summed E-state index contributed by atoms with van der Waals surface area (Å²) in [6.07, 6.45) is 8.00. The Kier molecular flexibility index (Phi) is 10.8. The largest absolute Gasteiger partial charge is 0.372 e. The molecule has 0 spiro atoms. The van der Waals surface area contributed by atoms with Gasteiger partial charge in [0, 0.05) is 17.6 Å². The number of hydrogen-bond donors (Lipinski definition) is 1. The van der Waals surface area contributed by atoms with Gasteiger partial charge in [-0.2, -0.15) is 0 Å². The summed E-state index contributed by atoms with van der Waals surface area (Å²) in [6, 6.07) is 8.46. The van der Waals surface area contributed by atoms with E-state index < -0.39 is 0 Å². The van der Waals surface area contributed by atoms with Crippen molar-refractivity contribution in [1.82, 2.24) is 5.32 Å². The fourth-order valence-corrected chi connectivity index (χ4v) is 2.60. The van der Waals surface area contributed by atoms with E-state index in [2.05, 4.69) is 59.4 Å². The highest BCUT2D eigenvalue weighted by atomic mass is 79.9. The van der Waals surface area contributed by atoms with Gasteiger partial charge in [0.1, 0.15) is 0 Å². The van der Waals surface area contributed by atoms with Crippen LogP contribution in [0.25, 0.3) is 0 Å². The van der Waals surface area contributed by atoms with E-state index in [1.807, 2.05) is 0 Å². The normalized spacial score (nSPS) is 12.5. The third-order valence-corrected chi connectivity index (χ3v) is 4.17. The lowest BCUT2D eigenvalue weighted by Gasteiger charge is -2.19. The van der Waals surface area contributed by atoms with Gasteiger partial charge in [-0.1, -0.05) is 74.0 Å². The molecule has 0 aliphatic heterocycles. The zero-order valence-electron chi connectivity index (χ0n) is 13.5. The Balaban J connectivity index is 2.31. The van der Waals surface area contributed by atoms with Crippen LogP contribution in [0.2, 0.25) is 0 Å². The van der Waals surface area contributed by atoms with E-state index >= 15 is 0 Å². The summed E-state index contributed by atoms with van der Waals surface area (Å²) in [5.41, 5.74) is 1.25. The third kappa shape index (κ3) is 8.60. The van der Waals surface area contributed by atoms with Crippen molar-refractivity contribution >= 4 is 15.9 Å². The highest BCUT2D eigenvalue weighted by molar-refractivity contribution is 9.10. The zero-order chi connectivity index (χ0) is 15.3. The summed E-state index contributed by atoms with van der Waals surface area (Å²) in [6.45, 7) is 7.11. The maximum atomic E-state index is 6.10. The molecule has 0 amide bonds. The van der Waals surface area contributed by atoms with Crippen LogP contribution in [0.15, 0.2) is 28.7 Å². The molecule has 0 fully saturated rings. The van der Waals surface area contributed by atoms with Crippen molar-refractivity contribution in [1.29, 1.82) is 0 Å². The van der Waals surface area contributed by atoms with E-state index in [9.17, 15) is 0 Å². The molecule has 120 valence electrons. The molecule has 2 nitrogen and oxygen atoms in total. The molecule has 3 heteroatoms. The molecule has 0 aromatic heterocycles. The Morgan fingerprint density at radius 1 is 1.00 bits per heavy atom. The van der Waals surface area contributed by atoms with Gasteiger partial charge in [0.2, 0.25) is 0 Å². The second-order valence-electron chi connectivity index (χ2n) is 5.49. The second-order valence-corrected chi connectivity index (χ2v) is 6.40. The molecule has 0 bridgehead atoms. The topological polar surface area (TPSA) is 21.3 Å². The third-order valence-electron chi connectivity index (χ3n) is 3.64. The molecule has 1 N–H and O–H groups in total. The van der Waals surface area contributed by atoms with Crippen molar-refractivity contribution in [2.24, 2.45) is 0 Å². The summed E-state index contributed by atoms with van der Waals surface area (Å²) in [7, 11) is 0. The number of halogens is 1. The Bertz CT molecular complexity index is 353. The fourth-order valence-electron chi connectivity index (χ4n) is 2.33. The average molecular weight is 356 g/mol. The van der Waals surface area contributed by atoms with Crippen LogP contribution in [0.5, 0.6) is 0 Å². The lowest BCUT2D eigenvalue weighted by Crippen LogP contribution is -2.23. The van der Waals surface area contributed by atoms with Gasteiger partial charge >= 0.3 is 0 Å². The summed E-state index contributed by atoms with van der Waals surface area (Å²) >= 11 is 3.48. The smallest absolute Gasteiger partial charge is 0.0949 e. The summed E-state index contributed by atoms with van der Waals surface area (Å²) < 4.78 is 7.21. The molecule has 0 aliphatic carbocycles. The molecule has 1 rings (SSSR count). The number of ether oxygens (including phenoxy) is 1. The average Bonchev–Trinajstić information content (AvgIpc) is 2.50. The second kappa shape index (κ2) is 12.2. The monoisotopic (exact) mass is 355 g/mol. The van der Waals surface area contributed by atoms with Crippen LogP contribution in [0.1, 0.15) is 64.0 Å². The van der Waals surface area contributed by atoms with Crippen molar-refractivity contribution in [2.45, 2.75) is 58.5 Å². The molecule has 1 aromatic carbocycles. The number of likely N-dealkylation sites (N-methyl/N-ethyl adjacent to an activating group) is 1. The molecular weight excluding hydrogens is 326 g/mol. The molecule has 1 atom stereocenters. The number of unbranched alkanes of at least 4 members (excludes halogenated alkanes) is 5. The Morgan fingerprint density at radius 3 is 2.33 bits per heavy atom. The summed E-state index contributed by atoms with van der Waals surface area (Å²) in [5, 5.41) is 3.39. The highest BCUT2D eigenvalue weighted by Crippen LogP contribution is 2.20. The lowest BCUT2D eigenvalue weighted by atomic mass is 10.1. The molecule has 1 unspecified atom stereocenters. The zero-order valence-corrected chi connectivity index (χ0v) is 15.1. The molecule has 0 saturated carbocycles. The minimum Gasteiger partial charge on any atom is -0.372 e. The van der Waals surface area contributed by atoms with Gasteiger partial charge in [0.25, 0.3) is 0 Å². The Morgan fingerprint density at radius 2 is 1.67 bits per heavy atom. The lowest BCUT2D eigenvalue weighted by molar-refractivity contribution is 0.0501. The molecule has 0 radical (unpaired) electrons. The molecular formula is C18H30BrNO. The van der Waals surface area contributed by atoms with Crippen molar-refractivity contribution in [3.05, 3.63) is 34.3 Å². The van der Waals surface area contributed by atoms with E-state index in [0.717, 1.165) is 24.2 Å². The van der Waals surface area contributed by atoms with Gasteiger partial charge < -0.3 is 10.1 Å². The standard InChI is InChI=1S/C18H30BrNO/c1-3-5-6-7-8-9-14-21-18(15-20-4-2)16-10-12-17(19)13-11-16/h10-13,18,20H,3-9,14-15H2,1-2H3. The van der Waals surface area contributed by atoms with E-state index in [0.29, 0.717) is 0 Å². The maximum Gasteiger partial charge on any atom is 0.0949 e. The van der Waals surface area contributed by atoms with Crippen LogP contribution in [-0.4, -0.2) is 19.7 Å². The highest BCUT2D eigenvalue weighted by Gasteiger charge is 2.11. The quantitative estimate of drug-likeness (QED) is 0.501. The summed E-state index contributed by atoms with van der Waals surface area (Å²) in [4.78, 5) is 0. The van der Waals surface area contributed by atoms with Gasteiger partial charge in [0.15, 0.2) is 0 Å². The molecule has 0 heterocycles. The first-order valence-corrected chi connectivity index (χ1v) is 9.15. The van der Waals surface area contributed by atoms with E-state index in [1.54, 1.807) is 0 Å². The van der Waals surface area contributed by atoms with Gasteiger partial charge in [-0.3, -0.25) is 0 Å². The predicted octanol–water partition coefficient (Wildman–Crippen LogP) is 5.48. The van der Waals surface area contributed by atoms with Crippen molar-refractivity contribution in [2.75, 3.05) is 19.7 Å². The van der Waals surface area contributed by atoms with Crippen molar-refractivity contribution in [3.8, 4) is 0 Å². The number of benzene rings is 1. The van der Waals surface area contributed by atoms with Crippen LogP contribution in [-0.2, 0) is 4.74 Å². The van der Waals surface area contributed by atoms with E-state index in [4.69, 9.17) is 4.74 Å². The van der Waals surface area contributed by atoms with Gasteiger partial charge in [-0.25, -0.2) is 0 Å².